The minimum atomic E-state index is -3.43. The van der Waals surface area contributed by atoms with Gasteiger partial charge in [0.1, 0.15) is 9.96 Å². The van der Waals surface area contributed by atoms with Crippen LogP contribution >= 0.6 is 22.9 Å². The van der Waals surface area contributed by atoms with Crippen molar-refractivity contribution in [2.24, 2.45) is 0 Å². The summed E-state index contributed by atoms with van der Waals surface area (Å²) in [4.78, 5) is 12.7. The Morgan fingerprint density at radius 1 is 1.15 bits per heavy atom. The highest BCUT2D eigenvalue weighted by molar-refractivity contribution is 7.91. The van der Waals surface area contributed by atoms with E-state index < -0.39 is 10.0 Å². The molecule has 0 radical (unpaired) electrons. The smallest absolute Gasteiger partial charge is 0.258 e. The number of para-hydroxylation sites is 1. The first-order valence-corrected chi connectivity index (χ1v) is 11.3. The van der Waals surface area contributed by atoms with Gasteiger partial charge in [0.05, 0.1) is 11.6 Å². The van der Waals surface area contributed by atoms with Crippen LogP contribution in [0, 0.1) is 0 Å². The number of amides is 1. The number of halogens is 1. The van der Waals surface area contributed by atoms with Crippen molar-refractivity contribution in [3.63, 3.8) is 0 Å². The third-order valence-corrected chi connectivity index (χ3v) is 7.96. The number of carbonyl (C=O) groups excluding carboxylic acids is 1. The van der Waals surface area contributed by atoms with Crippen molar-refractivity contribution in [1.82, 2.24) is 9.62 Å². The minimum Gasteiger partial charge on any atom is -0.482 e. The highest BCUT2D eigenvalue weighted by atomic mass is 35.5. The van der Waals surface area contributed by atoms with E-state index in [-0.39, 0.29) is 19.1 Å². The van der Waals surface area contributed by atoms with Gasteiger partial charge in [0.15, 0.2) is 6.61 Å². The Bertz CT molecular complexity index is 892. The maximum absolute atomic E-state index is 12.6. The summed E-state index contributed by atoms with van der Waals surface area (Å²) in [5.74, 6) is 0.143. The molecule has 0 spiro atoms. The summed E-state index contributed by atoms with van der Waals surface area (Å²) < 4.78 is 32.5. The van der Waals surface area contributed by atoms with Crippen LogP contribution in [0.1, 0.15) is 24.1 Å². The van der Waals surface area contributed by atoms with E-state index in [4.69, 9.17) is 16.3 Å². The molecule has 146 valence electrons. The number of nitrogens with one attached hydrogen (secondary N) is 1. The van der Waals surface area contributed by atoms with Crippen molar-refractivity contribution in [1.29, 1.82) is 0 Å². The third-order valence-electron chi connectivity index (χ3n) is 4.20. The molecule has 1 aromatic carbocycles. The number of piperidine rings is 1. The molecule has 1 saturated heterocycles. The van der Waals surface area contributed by atoms with E-state index in [9.17, 15) is 13.2 Å². The van der Waals surface area contributed by atoms with Crippen molar-refractivity contribution in [2.75, 3.05) is 19.7 Å². The number of sulfonamides is 1. The molecule has 1 aliphatic rings. The quantitative estimate of drug-likeness (QED) is 0.734. The van der Waals surface area contributed by atoms with Crippen molar-refractivity contribution in [2.45, 2.75) is 30.0 Å². The SMILES string of the molecule is O=C(COc1ccccc1Cl)NCc1ccc(S(=O)(=O)N2CCCCC2)s1. The Kier molecular flexibility index (Phi) is 6.75. The van der Waals surface area contributed by atoms with Gasteiger partial charge in [-0.25, -0.2) is 8.42 Å². The number of ether oxygens (including phenoxy) is 1. The lowest BCUT2D eigenvalue weighted by Gasteiger charge is -2.25. The third kappa shape index (κ3) is 5.22. The fourth-order valence-electron chi connectivity index (χ4n) is 2.77. The van der Waals surface area contributed by atoms with Crippen molar-refractivity contribution in [3.8, 4) is 5.75 Å². The summed E-state index contributed by atoms with van der Waals surface area (Å²) in [5, 5.41) is 3.17. The van der Waals surface area contributed by atoms with E-state index in [0.29, 0.717) is 28.1 Å². The summed E-state index contributed by atoms with van der Waals surface area (Å²) in [6.45, 7) is 1.25. The molecule has 0 unspecified atom stereocenters. The van der Waals surface area contributed by atoms with Crippen molar-refractivity contribution >= 4 is 38.9 Å². The van der Waals surface area contributed by atoms with E-state index in [1.807, 2.05) is 0 Å². The van der Waals surface area contributed by atoms with Gasteiger partial charge in [0, 0.05) is 18.0 Å². The fraction of sp³-hybridized carbons (Fsp3) is 0.389. The average molecular weight is 429 g/mol. The van der Waals surface area contributed by atoms with Crippen LogP contribution in [0.5, 0.6) is 5.75 Å². The molecule has 0 aliphatic carbocycles. The summed E-state index contributed by atoms with van der Waals surface area (Å²) >= 11 is 7.16. The molecule has 1 fully saturated rings. The van der Waals surface area contributed by atoms with Crippen molar-refractivity contribution < 1.29 is 17.9 Å². The van der Waals surface area contributed by atoms with E-state index in [1.54, 1.807) is 40.7 Å². The summed E-state index contributed by atoms with van der Waals surface area (Å²) in [5.41, 5.74) is 0. The van der Waals surface area contributed by atoms with Gasteiger partial charge in [0.25, 0.3) is 15.9 Å². The first-order chi connectivity index (χ1) is 13.0. The largest absolute Gasteiger partial charge is 0.482 e. The van der Waals surface area contributed by atoms with Crippen LogP contribution in [-0.2, 0) is 21.4 Å². The summed E-state index contributed by atoms with van der Waals surface area (Å²) in [6, 6.07) is 10.3. The fourth-order valence-corrected chi connectivity index (χ4v) is 5.92. The lowest BCUT2D eigenvalue weighted by molar-refractivity contribution is -0.123. The first kappa shape index (κ1) is 20.1. The van der Waals surface area contributed by atoms with Gasteiger partial charge < -0.3 is 10.1 Å². The van der Waals surface area contributed by atoms with Gasteiger partial charge in [-0.1, -0.05) is 30.2 Å². The normalized spacial score (nSPS) is 15.4. The number of carbonyl (C=O) groups is 1. The van der Waals surface area contributed by atoms with Crippen LogP contribution in [-0.4, -0.2) is 38.3 Å². The molecule has 1 N–H and O–H groups in total. The van der Waals surface area contributed by atoms with Gasteiger partial charge >= 0.3 is 0 Å². The molecule has 3 rings (SSSR count). The van der Waals surface area contributed by atoms with Gasteiger partial charge in [-0.3, -0.25) is 4.79 Å². The highest BCUT2D eigenvalue weighted by Gasteiger charge is 2.27. The lowest BCUT2D eigenvalue weighted by Crippen LogP contribution is -2.35. The zero-order chi connectivity index (χ0) is 19.3. The monoisotopic (exact) mass is 428 g/mol. The zero-order valence-electron chi connectivity index (χ0n) is 14.7. The predicted octanol–water partition coefficient (Wildman–Crippen LogP) is 3.27. The summed E-state index contributed by atoms with van der Waals surface area (Å²) in [7, 11) is -3.43. The van der Waals surface area contributed by atoms with E-state index >= 15 is 0 Å². The maximum Gasteiger partial charge on any atom is 0.258 e. The molecule has 1 amide bonds. The molecule has 2 aromatic rings. The van der Waals surface area contributed by atoms with Crippen LogP contribution in [0.25, 0.3) is 0 Å². The Hall–Kier alpha value is -1.61. The topological polar surface area (TPSA) is 75.7 Å². The molecule has 6 nitrogen and oxygen atoms in total. The van der Waals surface area contributed by atoms with Crippen LogP contribution < -0.4 is 10.1 Å². The second-order valence-corrected chi connectivity index (χ2v) is 9.92. The standard InChI is InChI=1S/C18H21ClN2O4S2/c19-15-6-2-3-7-16(15)25-13-17(22)20-12-14-8-9-18(26-14)27(23,24)21-10-4-1-5-11-21/h2-3,6-9H,1,4-5,10-13H2,(H,20,22). The molecular weight excluding hydrogens is 408 g/mol. The zero-order valence-corrected chi connectivity index (χ0v) is 17.1. The van der Waals surface area contributed by atoms with Gasteiger partial charge in [-0.15, -0.1) is 11.3 Å². The first-order valence-electron chi connectivity index (χ1n) is 8.70. The van der Waals surface area contributed by atoms with Gasteiger partial charge in [0.2, 0.25) is 0 Å². The second kappa shape index (κ2) is 9.05. The molecular formula is C18H21ClN2O4S2. The van der Waals surface area contributed by atoms with Gasteiger partial charge in [-0.05, 0) is 37.1 Å². The number of nitrogens with zero attached hydrogens (tertiary/aromatic N) is 1. The second-order valence-electron chi connectivity index (χ2n) is 6.18. The molecule has 9 heteroatoms. The number of rotatable bonds is 7. The minimum absolute atomic E-state index is 0.159. The Balaban J connectivity index is 1.52. The Morgan fingerprint density at radius 3 is 2.63 bits per heavy atom. The Morgan fingerprint density at radius 2 is 1.89 bits per heavy atom. The van der Waals surface area contributed by atoms with Crippen LogP contribution in [0.3, 0.4) is 0 Å². The molecule has 27 heavy (non-hydrogen) atoms. The lowest BCUT2D eigenvalue weighted by atomic mass is 10.2. The van der Waals surface area contributed by atoms with Crippen LogP contribution in [0.4, 0.5) is 0 Å². The number of thiophene rings is 1. The van der Waals surface area contributed by atoms with Crippen LogP contribution in [0.15, 0.2) is 40.6 Å². The molecule has 1 aliphatic heterocycles. The number of hydrogen-bond donors (Lipinski definition) is 1. The average Bonchev–Trinajstić information content (AvgIpc) is 3.16. The molecule has 2 heterocycles. The summed E-state index contributed by atoms with van der Waals surface area (Å²) in [6.07, 6.45) is 2.88. The van der Waals surface area contributed by atoms with E-state index in [2.05, 4.69) is 5.32 Å². The van der Waals surface area contributed by atoms with Gasteiger partial charge in [-0.2, -0.15) is 4.31 Å². The Labute approximate surface area is 168 Å². The number of hydrogen-bond acceptors (Lipinski definition) is 5. The molecule has 0 saturated carbocycles. The predicted molar refractivity (Wildman–Crippen MR) is 106 cm³/mol. The molecule has 1 aromatic heterocycles. The number of benzene rings is 1. The van der Waals surface area contributed by atoms with Crippen molar-refractivity contribution in [3.05, 3.63) is 46.3 Å². The van der Waals surface area contributed by atoms with Crippen LogP contribution in [0.2, 0.25) is 5.02 Å². The van der Waals surface area contributed by atoms with E-state index in [0.717, 1.165) is 24.1 Å². The van der Waals surface area contributed by atoms with E-state index in [1.165, 1.54) is 11.3 Å². The molecule has 0 atom stereocenters. The highest BCUT2D eigenvalue weighted by Crippen LogP contribution is 2.27. The molecule has 0 bridgehead atoms. The maximum atomic E-state index is 12.6.